The van der Waals surface area contributed by atoms with Crippen molar-refractivity contribution in [3.05, 3.63) is 35.1 Å². The molecule has 0 unspecified atom stereocenters. The second-order valence-corrected chi connectivity index (χ2v) is 7.08. The van der Waals surface area contributed by atoms with Crippen LogP contribution in [0, 0.1) is 18.2 Å². The predicted molar refractivity (Wildman–Crippen MR) is 80.0 cm³/mol. The molecule has 3 heteroatoms. The number of aryl methyl sites for hydroxylation is 1. The fourth-order valence-corrected chi connectivity index (χ4v) is 2.83. The molecule has 0 bridgehead atoms. The summed E-state index contributed by atoms with van der Waals surface area (Å²) in [6.45, 7) is 7.59. The van der Waals surface area contributed by atoms with Gasteiger partial charge in [-0.1, -0.05) is 26.0 Å². The van der Waals surface area contributed by atoms with Crippen LogP contribution in [0.3, 0.4) is 0 Å². The smallest absolute Gasteiger partial charge is 0.126 e. The standard InChI is InChI=1S/C17H26FNO/c1-13-10-14(4-5-15(13)18)11-19-12-17(20)8-6-16(2,3)7-9-17/h4-5,10,19-20H,6-9,11-12H2,1-3H3. The quantitative estimate of drug-likeness (QED) is 0.883. The van der Waals surface area contributed by atoms with E-state index in [4.69, 9.17) is 0 Å². The van der Waals surface area contributed by atoms with E-state index in [2.05, 4.69) is 19.2 Å². The molecule has 0 atom stereocenters. The number of hydrogen-bond acceptors (Lipinski definition) is 2. The first kappa shape index (κ1) is 15.5. The van der Waals surface area contributed by atoms with E-state index in [1.54, 1.807) is 13.0 Å². The van der Waals surface area contributed by atoms with E-state index in [-0.39, 0.29) is 5.82 Å². The monoisotopic (exact) mass is 279 g/mol. The van der Waals surface area contributed by atoms with Crippen LogP contribution in [-0.4, -0.2) is 17.3 Å². The average molecular weight is 279 g/mol. The van der Waals surface area contributed by atoms with Gasteiger partial charge in [-0.25, -0.2) is 4.39 Å². The molecule has 0 radical (unpaired) electrons. The number of rotatable bonds is 4. The highest BCUT2D eigenvalue weighted by atomic mass is 19.1. The molecule has 1 aromatic rings. The van der Waals surface area contributed by atoms with Crippen LogP contribution in [0.1, 0.15) is 50.7 Å². The van der Waals surface area contributed by atoms with Crippen LogP contribution >= 0.6 is 0 Å². The third-order valence-corrected chi connectivity index (χ3v) is 4.54. The first-order valence-electron chi connectivity index (χ1n) is 7.48. The molecule has 2 rings (SSSR count). The summed E-state index contributed by atoms with van der Waals surface area (Å²) in [5, 5.41) is 13.9. The lowest BCUT2D eigenvalue weighted by atomic mass is 9.71. The molecule has 0 saturated heterocycles. The van der Waals surface area contributed by atoms with Crippen molar-refractivity contribution in [2.45, 2.75) is 58.6 Å². The van der Waals surface area contributed by atoms with Crippen LogP contribution < -0.4 is 5.32 Å². The van der Waals surface area contributed by atoms with Crippen molar-refractivity contribution in [2.75, 3.05) is 6.54 Å². The van der Waals surface area contributed by atoms with Gasteiger partial charge >= 0.3 is 0 Å². The molecule has 1 fully saturated rings. The highest BCUT2D eigenvalue weighted by Gasteiger charge is 2.36. The van der Waals surface area contributed by atoms with Crippen LogP contribution in [0.2, 0.25) is 0 Å². The van der Waals surface area contributed by atoms with Gasteiger partial charge < -0.3 is 10.4 Å². The molecule has 0 aliphatic heterocycles. The zero-order chi connectivity index (χ0) is 14.8. The van der Waals surface area contributed by atoms with Gasteiger partial charge in [0.1, 0.15) is 5.82 Å². The van der Waals surface area contributed by atoms with Crippen molar-refractivity contribution < 1.29 is 9.50 Å². The fraction of sp³-hybridized carbons (Fsp3) is 0.647. The summed E-state index contributed by atoms with van der Waals surface area (Å²) in [7, 11) is 0. The van der Waals surface area contributed by atoms with Gasteiger partial charge in [0.05, 0.1) is 5.60 Å². The maximum absolute atomic E-state index is 13.2. The summed E-state index contributed by atoms with van der Waals surface area (Å²) in [6.07, 6.45) is 3.85. The summed E-state index contributed by atoms with van der Waals surface area (Å²) >= 11 is 0. The molecule has 20 heavy (non-hydrogen) atoms. The Balaban J connectivity index is 1.82. The summed E-state index contributed by atoms with van der Waals surface area (Å²) in [6, 6.07) is 5.16. The van der Waals surface area contributed by atoms with Gasteiger partial charge in [-0.2, -0.15) is 0 Å². The first-order chi connectivity index (χ1) is 9.30. The summed E-state index contributed by atoms with van der Waals surface area (Å²) in [5.41, 5.74) is 1.51. The van der Waals surface area contributed by atoms with E-state index in [1.807, 2.05) is 6.07 Å². The summed E-state index contributed by atoms with van der Waals surface area (Å²) in [4.78, 5) is 0. The van der Waals surface area contributed by atoms with Crippen LogP contribution in [-0.2, 0) is 6.54 Å². The van der Waals surface area contributed by atoms with Crippen molar-refractivity contribution in [2.24, 2.45) is 5.41 Å². The fourth-order valence-electron chi connectivity index (χ4n) is 2.83. The maximum atomic E-state index is 13.2. The lowest BCUT2D eigenvalue weighted by Gasteiger charge is -2.40. The zero-order valence-electron chi connectivity index (χ0n) is 12.8. The number of aliphatic hydroxyl groups is 1. The molecule has 0 spiro atoms. The lowest BCUT2D eigenvalue weighted by Crippen LogP contribution is -2.44. The van der Waals surface area contributed by atoms with Crippen LogP contribution in [0.4, 0.5) is 4.39 Å². The predicted octanol–water partition coefficient (Wildman–Crippen LogP) is 3.56. The molecular formula is C17H26FNO. The van der Waals surface area contributed by atoms with Gasteiger partial charge in [0.15, 0.2) is 0 Å². The van der Waals surface area contributed by atoms with Gasteiger partial charge in [-0.3, -0.25) is 0 Å². The molecular weight excluding hydrogens is 253 g/mol. The minimum absolute atomic E-state index is 0.165. The molecule has 0 heterocycles. The van der Waals surface area contributed by atoms with E-state index >= 15 is 0 Å². The molecule has 1 aliphatic carbocycles. The Bertz CT molecular complexity index is 460. The number of hydrogen-bond donors (Lipinski definition) is 2. The van der Waals surface area contributed by atoms with Crippen molar-refractivity contribution in [1.29, 1.82) is 0 Å². The van der Waals surface area contributed by atoms with Gasteiger partial charge in [0, 0.05) is 13.1 Å². The highest BCUT2D eigenvalue weighted by molar-refractivity contribution is 5.23. The first-order valence-corrected chi connectivity index (χ1v) is 7.48. The normalized spacial score (nSPS) is 20.9. The minimum Gasteiger partial charge on any atom is -0.389 e. The van der Waals surface area contributed by atoms with E-state index in [1.165, 1.54) is 6.07 Å². The molecule has 1 aromatic carbocycles. The Hall–Kier alpha value is -0.930. The zero-order valence-corrected chi connectivity index (χ0v) is 12.8. The SMILES string of the molecule is Cc1cc(CNCC2(O)CCC(C)(C)CC2)ccc1F. The Morgan fingerprint density at radius 1 is 1.20 bits per heavy atom. The number of nitrogens with one attached hydrogen (secondary N) is 1. The van der Waals surface area contributed by atoms with E-state index in [0.29, 0.717) is 24.1 Å². The van der Waals surface area contributed by atoms with E-state index < -0.39 is 5.60 Å². The van der Waals surface area contributed by atoms with Crippen LogP contribution in [0.5, 0.6) is 0 Å². The molecule has 0 aromatic heterocycles. The number of benzene rings is 1. The van der Waals surface area contributed by atoms with Gasteiger partial charge in [0.25, 0.3) is 0 Å². The van der Waals surface area contributed by atoms with Gasteiger partial charge in [-0.15, -0.1) is 0 Å². The molecule has 2 N–H and O–H groups in total. The molecule has 1 aliphatic rings. The van der Waals surface area contributed by atoms with Crippen molar-refractivity contribution in [3.63, 3.8) is 0 Å². The Morgan fingerprint density at radius 2 is 1.85 bits per heavy atom. The van der Waals surface area contributed by atoms with Crippen LogP contribution in [0.15, 0.2) is 18.2 Å². The molecule has 2 nitrogen and oxygen atoms in total. The largest absolute Gasteiger partial charge is 0.389 e. The third kappa shape index (κ3) is 4.03. The Labute approximate surface area is 121 Å². The molecule has 0 amide bonds. The third-order valence-electron chi connectivity index (χ3n) is 4.54. The van der Waals surface area contributed by atoms with E-state index in [9.17, 15) is 9.50 Å². The maximum Gasteiger partial charge on any atom is 0.126 e. The van der Waals surface area contributed by atoms with Crippen molar-refractivity contribution in [3.8, 4) is 0 Å². The van der Waals surface area contributed by atoms with Crippen LogP contribution in [0.25, 0.3) is 0 Å². The highest BCUT2D eigenvalue weighted by Crippen LogP contribution is 2.39. The topological polar surface area (TPSA) is 32.3 Å². The van der Waals surface area contributed by atoms with Crippen molar-refractivity contribution in [1.82, 2.24) is 5.32 Å². The summed E-state index contributed by atoms with van der Waals surface area (Å²) < 4.78 is 13.2. The number of halogens is 1. The lowest BCUT2D eigenvalue weighted by molar-refractivity contribution is -0.0245. The van der Waals surface area contributed by atoms with Gasteiger partial charge in [0.2, 0.25) is 0 Å². The minimum atomic E-state index is -0.579. The Kier molecular flexibility index (Phi) is 4.50. The summed E-state index contributed by atoms with van der Waals surface area (Å²) in [5.74, 6) is -0.165. The van der Waals surface area contributed by atoms with Crippen molar-refractivity contribution >= 4 is 0 Å². The second-order valence-electron chi connectivity index (χ2n) is 7.08. The van der Waals surface area contributed by atoms with Gasteiger partial charge in [-0.05, 0) is 55.2 Å². The average Bonchev–Trinajstić information content (AvgIpc) is 2.38. The van der Waals surface area contributed by atoms with E-state index in [0.717, 1.165) is 31.2 Å². The molecule has 1 saturated carbocycles. The Morgan fingerprint density at radius 3 is 2.45 bits per heavy atom. The molecule has 112 valence electrons. The second kappa shape index (κ2) is 5.82.